The Balaban J connectivity index is 1.68. The number of primary amides is 1. The number of fused-ring (bicyclic) bond motifs is 1. The number of nitrogens with one attached hydrogen (secondary N) is 2. The Morgan fingerprint density at radius 2 is 1.61 bits per heavy atom. The quantitative estimate of drug-likeness (QED) is 0.235. The van der Waals surface area contributed by atoms with Gasteiger partial charge in [-0.05, 0) is 60.7 Å². The van der Waals surface area contributed by atoms with E-state index in [9.17, 15) is 22.8 Å². The smallest absolute Gasteiger partial charge is 0.339 e. The SMILES string of the molecule is CC(=O)Nc1ccc(S(=O)(=O)Oc2ccc3c(NC(N)=O)c(C(=O)c4ccc(Cl)cc4)oc3c2)cc1. The first-order valence-corrected chi connectivity index (χ1v) is 12.1. The molecule has 0 saturated heterocycles. The number of urea groups is 1. The first-order chi connectivity index (χ1) is 17.0. The monoisotopic (exact) mass is 527 g/mol. The van der Waals surface area contributed by atoms with E-state index >= 15 is 0 Å². The Kier molecular flexibility index (Phi) is 6.69. The first-order valence-electron chi connectivity index (χ1n) is 10.3. The minimum atomic E-state index is -4.24. The summed E-state index contributed by atoms with van der Waals surface area (Å²) in [5, 5.41) is 5.65. The molecule has 4 aromatic rings. The molecule has 0 unspecified atom stereocenters. The van der Waals surface area contributed by atoms with Crippen molar-refractivity contribution in [2.45, 2.75) is 11.8 Å². The average Bonchev–Trinajstić information content (AvgIpc) is 3.15. The molecule has 3 aromatic carbocycles. The first kappa shape index (κ1) is 24.8. The largest absolute Gasteiger partial charge is 0.450 e. The Hall–Kier alpha value is -4.35. The van der Waals surface area contributed by atoms with Gasteiger partial charge >= 0.3 is 16.1 Å². The Bertz CT molecular complexity index is 1600. The number of rotatable bonds is 7. The summed E-state index contributed by atoms with van der Waals surface area (Å²) in [5.41, 5.74) is 6.04. The summed E-state index contributed by atoms with van der Waals surface area (Å²) >= 11 is 5.88. The van der Waals surface area contributed by atoms with E-state index in [1.165, 1.54) is 73.7 Å². The minimum Gasteiger partial charge on any atom is -0.450 e. The summed E-state index contributed by atoms with van der Waals surface area (Å²) in [7, 11) is -4.24. The molecule has 0 fully saturated rings. The fraction of sp³-hybridized carbons (Fsp3) is 0.0417. The summed E-state index contributed by atoms with van der Waals surface area (Å²) in [4.78, 5) is 35.6. The van der Waals surface area contributed by atoms with Crippen LogP contribution in [-0.2, 0) is 14.9 Å². The molecule has 0 aliphatic carbocycles. The third-order valence-corrected chi connectivity index (χ3v) is 6.40. The molecule has 4 rings (SSSR count). The van der Waals surface area contributed by atoms with E-state index in [0.29, 0.717) is 16.1 Å². The summed E-state index contributed by atoms with van der Waals surface area (Å²) in [6, 6.07) is 14.5. The predicted octanol–water partition coefficient (Wildman–Crippen LogP) is 4.53. The second-order valence-corrected chi connectivity index (χ2v) is 9.52. The van der Waals surface area contributed by atoms with Crippen LogP contribution in [0.1, 0.15) is 23.0 Å². The van der Waals surface area contributed by atoms with Gasteiger partial charge in [-0.3, -0.25) is 9.59 Å². The van der Waals surface area contributed by atoms with Crippen LogP contribution in [0.3, 0.4) is 0 Å². The number of benzene rings is 3. The van der Waals surface area contributed by atoms with Gasteiger partial charge in [0.1, 0.15) is 21.9 Å². The molecule has 1 aromatic heterocycles. The molecule has 0 spiro atoms. The summed E-state index contributed by atoms with van der Waals surface area (Å²) in [6.07, 6.45) is 0. The molecule has 3 amide bonds. The molecule has 0 aliphatic heterocycles. The fourth-order valence-electron chi connectivity index (χ4n) is 3.35. The summed E-state index contributed by atoms with van der Waals surface area (Å²) in [6.45, 7) is 1.33. The molecule has 1 heterocycles. The van der Waals surface area contributed by atoms with Crippen LogP contribution in [0.2, 0.25) is 5.02 Å². The van der Waals surface area contributed by atoms with Crippen molar-refractivity contribution in [1.29, 1.82) is 0 Å². The highest BCUT2D eigenvalue weighted by molar-refractivity contribution is 7.87. The van der Waals surface area contributed by atoms with Gasteiger partial charge in [-0.2, -0.15) is 8.42 Å². The molecule has 0 bridgehead atoms. The molecule has 0 aliphatic rings. The van der Waals surface area contributed by atoms with E-state index < -0.39 is 21.9 Å². The topological polar surface area (TPSA) is 158 Å². The van der Waals surface area contributed by atoms with Gasteiger partial charge in [0.2, 0.25) is 11.7 Å². The lowest BCUT2D eigenvalue weighted by atomic mass is 10.1. The van der Waals surface area contributed by atoms with E-state index in [0.717, 1.165) is 0 Å². The van der Waals surface area contributed by atoms with Crippen molar-refractivity contribution in [3.63, 3.8) is 0 Å². The average molecular weight is 528 g/mol. The molecule has 0 radical (unpaired) electrons. The van der Waals surface area contributed by atoms with Gasteiger partial charge < -0.3 is 25.0 Å². The van der Waals surface area contributed by atoms with E-state index in [-0.39, 0.29) is 39.1 Å². The molecule has 184 valence electrons. The number of furan rings is 1. The van der Waals surface area contributed by atoms with Crippen molar-refractivity contribution in [1.82, 2.24) is 0 Å². The highest BCUT2D eigenvalue weighted by atomic mass is 35.5. The maximum Gasteiger partial charge on any atom is 0.339 e. The van der Waals surface area contributed by atoms with Crippen LogP contribution in [-0.4, -0.2) is 26.1 Å². The number of halogens is 1. The van der Waals surface area contributed by atoms with Crippen LogP contribution in [0, 0.1) is 0 Å². The Morgan fingerprint density at radius 3 is 2.22 bits per heavy atom. The van der Waals surface area contributed by atoms with Crippen molar-refractivity contribution in [3.8, 4) is 5.75 Å². The highest BCUT2D eigenvalue weighted by Crippen LogP contribution is 2.35. The van der Waals surface area contributed by atoms with E-state index in [4.69, 9.17) is 25.9 Å². The molecule has 0 saturated carbocycles. The zero-order valence-electron chi connectivity index (χ0n) is 18.6. The standard InChI is InChI=1S/C24H18ClN3O7S/c1-13(29)27-16-6-9-18(10-7-16)36(32,33)35-17-8-11-19-20(12-17)34-23(21(19)28-24(26)31)22(30)14-2-4-15(25)5-3-14/h2-12H,1H3,(H,27,29)(H3,26,28,31). The highest BCUT2D eigenvalue weighted by Gasteiger charge is 2.24. The second-order valence-electron chi connectivity index (χ2n) is 7.53. The van der Waals surface area contributed by atoms with Crippen molar-refractivity contribution in [2.75, 3.05) is 10.6 Å². The van der Waals surface area contributed by atoms with Crippen LogP contribution in [0.5, 0.6) is 5.75 Å². The summed E-state index contributed by atoms with van der Waals surface area (Å²) in [5.74, 6) is -1.16. The van der Waals surface area contributed by atoms with E-state index in [1.54, 1.807) is 0 Å². The minimum absolute atomic E-state index is 0.0282. The van der Waals surface area contributed by atoms with Crippen LogP contribution in [0.15, 0.2) is 76.0 Å². The van der Waals surface area contributed by atoms with Crippen LogP contribution >= 0.6 is 11.6 Å². The molecular weight excluding hydrogens is 510 g/mol. The van der Waals surface area contributed by atoms with Crippen LogP contribution < -0.4 is 20.6 Å². The third-order valence-electron chi connectivity index (χ3n) is 4.89. The lowest BCUT2D eigenvalue weighted by molar-refractivity contribution is -0.114. The fourth-order valence-corrected chi connectivity index (χ4v) is 4.40. The van der Waals surface area contributed by atoms with Gasteiger partial charge in [-0.15, -0.1) is 0 Å². The van der Waals surface area contributed by atoms with Gasteiger partial charge in [0.25, 0.3) is 0 Å². The number of anilines is 2. The van der Waals surface area contributed by atoms with Crippen molar-refractivity contribution >= 4 is 61.8 Å². The van der Waals surface area contributed by atoms with Crippen LogP contribution in [0.25, 0.3) is 11.0 Å². The number of hydrogen-bond donors (Lipinski definition) is 3. The molecule has 4 N–H and O–H groups in total. The normalized spacial score (nSPS) is 11.2. The maximum atomic E-state index is 13.0. The Labute approximate surface area is 210 Å². The molecular formula is C24H18ClN3O7S. The second kappa shape index (κ2) is 9.72. The molecule has 36 heavy (non-hydrogen) atoms. The number of nitrogens with two attached hydrogens (primary N) is 1. The Morgan fingerprint density at radius 1 is 0.944 bits per heavy atom. The molecule has 10 nitrogen and oxygen atoms in total. The van der Waals surface area contributed by atoms with Gasteiger partial charge in [-0.1, -0.05) is 11.6 Å². The maximum absolute atomic E-state index is 13.0. The van der Waals surface area contributed by atoms with E-state index in [2.05, 4.69) is 10.6 Å². The van der Waals surface area contributed by atoms with Crippen molar-refractivity contribution in [3.05, 3.63) is 83.1 Å². The zero-order valence-corrected chi connectivity index (χ0v) is 20.1. The molecule has 12 heteroatoms. The number of ketones is 1. The zero-order chi connectivity index (χ0) is 26.0. The molecule has 0 atom stereocenters. The summed E-state index contributed by atoms with van der Waals surface area (Å²) < 4.78 is 36.4. The third kappa shape index (κ3) is 5.32. The van der Waals surface area contributed by atoms with Crippen LogP contribution in [0.4, 0.5) is 16.2 Å². The van der Waals surface area contributed by atoms with E-state index in [1.807, 2.05) is 0 Å². The lowest BCUT2D eigenvalue weighted by Gasteiger charge is -2.08. The van der Waals surface area contributed by atoms with Gasteiger partial charge in [0, 0.05) is 34.6 Å². The van der Waals surface area contributed by atoms with Gasteiger partial charge in [0.05, 0.1) is 0 Å². The predicted molar refractivity (Wildman–Crippen MR) is 133 cm³/mol. The lowest BCUT2D eigenvalue weighted by Crippen LogP contribution is -2.20. The number of hydrogen-bond acceptors (Lipinski definition) is 7. The van der Waals surface area contributed by atoms with Gasteiger partial charge in [-0.25, -0.2) is 4.79 Å². The van der Waals surface area contributed by atoms with Crippen molar-refractivity contribution in [2.24, 2.45) is 5.73 Å². The van der Waals surface area contributed by atoms with Crippen molar-refractivity contribution < 1.29 is 31.4 Å². The number of carbonyl (C=O) groups excluding carboxylic acids is 3. The number of carbonyl (C=O) groups is 3. The number of amides is 3. The van der Waals surface area contributed by atoms with Gasteiger partial charge in [0.15, 0.2) is 5.76 Å².